The van der Waals surface area contributed by atoms with E-state index < -0.39 is 0 Å². The monoisotopic (exact) mass is 411 g/mol. The fourth-order valence-electron chi connectivity index (χ4n) is 4.29. The number of rotatable bonds is 2. The third kappa shape index (κ3) is 3.80. The van der Waals surface area contributed by atoms with Crippen molar-refractivity contribution in [1.82, 2.24) is 4.57 Å². The molecule has 0 aliphatic heterocycles. The predicted octanol–water partition coefficient (Wildman–Crippen LogP) is 7.03. The Labute approximate surface area is 187 Å². The molecule has 0 amide bonds. The molecule has 4 rings (SSSR count). The SMILES string of the molecule is Cc1ccc(C(C)(C)C)cc1-c1n(-c2ccccc2)c2ccc(C(C)(C)C)cc2[n+]1C. The first-order valence-corrected chi connectivity index (χ1v) is 11.2. The number of imidazole rings is 1. The highest BCUT2D eigenvalue weighted by Crippen LogP contribution is 2.34. The summed E-state index contributed by atoms with van der Waals surface area (Å²) in [7, 11) is 2.20. The van der Waals surface area contributed by atoms with Gasteiger partial charge in [0.05, 0.1) is 12.6 Å². The van der Waals surface area contributed by atoms with Crippen molar-refractivity contribution in [2.24, 2.45) is 7.05 Å². The van der Waals surface area contributed by atoms with E-state index in [9.17, 15) is 0 Å². The van der Waals surface area contributed by atoms with E-state index in [-0.39, 0.29) is 10.8 Å². The van der Waals surface area contributed by atoms with Crippen LogP contribution in [0.25, 0.3) is 28.1 Å². The molecule has 0 aliphatic rings. The van der Waals surface area contributed by atoms with Gasteiger partial charge in [0.25, 0.3) is 5.82 Å². The van der Waals surface area contributed by atoms with Gasteiger partial charge in [0.1, 0.15) is 5.69 Å². The van der Waals surface area contributed by atoms with Gasteiger partial charge in [-0.2, -0.15) is 4.57 Å². The summed E-state index contributed by atoms with van der Waals surface area (Å²) in [6.45, 7) is 15.9. The second-order valence-electron chi connectivity index (χ2n) is 10.8. The van der Waals surface area contributed by atoms with Crippen LogP contribution < -0.4 is 4.57 Å². The first kappa shape index (κ1) is 21.4. The summed E-state index contributed by atoms with van der Waals surface area (Å²) in [6, 6.07) is 24.6. The highest BCUT2D eigenvalue weighted by molar-refractivity contribution is 5.80. The molecule has 0 radical (unpaired) electrons. The Balaban J connectivity index is 2.11. The Morgan fingerprint density at radius 3 is 1.90 bits per heavy atom. The Hall–Kier alpha value is -2.87. The van der Waals surface area contributed by atoms with Crippen molar-refractivity contribution in [1.29, 1.82) is 0 Å². The van der Waals surface area contributed by atoms with E-state index in [4.69, 9.17) is 0 Å². The van der Waals surface area contributed by atoms with Crippen LogP contribution in [0.4, 0.5) is 0 Å². The second-order valence-corrected chi connectivity index (χ2v) is 10.8. The quantitative estimate of drug-likeness (QED) is 0.313. The van der Waals surface area contributed by atoms with Crippen LogP contribution in [0.2, 0.25) is 0 Å². The molecule has 1 aromatic heterocycles. The molecule has 0 saturated carbocycles. The Kier molecular flexibility index (Phi) is 5.08. The summed E-state index contributed by atoms with van der Waals surface area (Å²) in [5.74, 6) is 1.22. The van der Waals surface area contributed by atoms with E-state index in [1.807, 2.05) is 0 Å². The number of hydrogen-bond acceptors (Lipinski definition) is 0. The van der Waals surface area contributed by atoms with Crippen molar-refractivity contribution in [3.63, 3.8) is 0 Å². The highest BCUT2D eigenvalue weighted by atomic mass is 15.2. The van der Waals surface area contributed by atoms with Crippen LogP contribution >= 0.6 is 0 Å². The number of fused-ring (bicyclic) bond motifs is 1. The molecule has 0 saturated heterocycles. The van der Waals surface area contributed by atoms with Gasteiger partial charge in [-0.25, -0.2) is 4.57 Å². The standard InChI is InChI=1S/C29H35N2/c1-20-14-15-21(28(2,3)4)18-24(20)27-30(8)26-19-22(29(5,6)7)16-17-25(26)31(27)23-12-10-9-11-13-23/h9-19H,1-8H3/q+1. The second kappa shape index (κ2) is 7.37. The van der Waals surface area contributed by atoms with E-state index in [0.717, 1.165) is 0 Å². The van der Waals surface area contributed by atoms with Gasteiger partial charge in [-0.1, -0.05) is 77.9 Å². The zero-order valence-electron chi connectivity index (χ0n) is 20.2. The Morgan fingerprint density at radius 2 is 1.29 bits per heavy atom. The van der Waals surface area contributed by atoms with Crippen molar-refractivity contribution < 1.29 is 4.57 Å². The topological polar surface area (TPSA) is 8.81 Å². The number of nitrogens with zero attached hydrogens (tertiary/aromatic N) is 2. The van der Waals surface area contributed by atoms with Gasteiger partial charge in [0.2, 0.25) is 0 Å². The number of aromatic nitrogens is 2. The number of aryl methyl sites for hydroxylation is 2. The minimum atomic E-state index is 0.101. The highest BCUT2D eigenvalue weighted by Gasteiger charge is 2.29. The maximum atomic E-state index is 2.41. The third-order valence-electron chi connectivity index (χ3n) is 6.33. The summed E-state index contributed by atoms with van der Waals surface area (Å²) in [6.07, 6.45) is 0. The van der Waals surface area contributed by atoms with Gasteiger partial charge in [-0.15, -0.1) is 0 Å². The summed E-state index contributed by atoms with van der Waals surface area (Å²) < 4.78 is 4.78. The van der Waals surface area contributed by atoms with Crippen molar-refractivity contribution >= 4 is 11.0 Å². The first-order chi connectivity index (χ1) is 14.5. The van der Waals surface area contributed by atoms with Gasteiger partial charge >= 0.3 is 0 Å². The third-order valence-corrected chi connectivity index (χ3v) is 6.33. The molecule has 0 spiro atoms. The van der Waals surface area contributed by atoms with Gasteiger partial charge < -0.3 is 0 Å². The molecule has 2 heteroatoms. The van der Waals surface area contributed by atoms with Gasteiger partial charge in [-0.3, -0.25) is 0 Å². The Bertz CT molecular complexity index is 1250. The fourth-order valence-corrected chi connectivity index (χ4v) is 4.29. The van der Waals surface area contributed by atoms with Crippen LogP contribution in [0.5, 0.6) is 0 Å². The molecule has 0 bridgehead atoms. The van der Waals surface area contributed by atoms with Crippen LogP contribution in [-0.2, 0) is 17.9 Å². The lowest BCUT2D eigenvalue weighted by Crippen LogP contribution is -2.31. The molecular weight excluding hydrogens is 376 g/mol. The molecule has 4 aromatic rings. The fraction of sp³-hybridized carbons (Fsp3) is 0.345. The zero-order valence-corrected chi connectivity index (χ0v) is 20.2. The van der Waals surface area contributed by atoms with Gasteiger partial charge in [-0.05, 0) is 64.8 Å². The minimum absolute atomic E-state index is 0.101. The van der Waals surface area contributed by atoms with E-state index in [2.05, 4.69) is 131 Å². The predicted molar refractivity (Wildman–Crippen MR) is 132 cm³/mol. The summed E-state index contributed by atoms with van der Waals surface area (Å²) in [4.78, 5) is 0. The maximum Gasteiger partial charge on any atom is 0.295 e. The van der Waals surface area contributed by atoms with Crippen LogP contribution in [0.3, 0.4) is 0 Å². The maximum absolute atomic E-state index is 2.41. The smallest absolute Gasteiger partial charge is 0.225 e. The molecule has 0 N–H and O–H groups in total. The summed E-state index contributed by atoms with van der Waals surface area (Å²) in [5.41, 5.74) is 9.17. The average Bonchev–Trinajstić information content (AvgIpc) is 2.99. The number of para-hydroxylation sites is 1. The zero-order chi connectivity index (χ0) is 22.6. The van der Waals surface area contributed by atoms with Crippen LogP contribution in [0, 0.1) is 6.92 Å². The lowest BCUT2D eigenvalue weighted by Gasteiger charge is -2.20. The lowest BCUT2D eigenvalue weighted by molar-refractivity contribution is -0.633. The van der Waals surface area contributed by atoms with Gasteiger partial charge in [0, 0.05) is 0 Å². The van der Waals surface area contributed by atoms with Gasteiger partial charge in [0.15, 0.2) is 11.0 Å². The van der Waals surface area contributed by atoms with E-state index >= 15 is 0 Å². The normalized spacial score (nSPS) is 12.5. The molecule has 31 heavy (non-hydrogen) atoms. The molecule has 0 fully saturated rings. The molecule has 0 aliphatic carbocycles. The molecule has 0 unspecified atom stereocenters. The van der Waals surface area contributed by atoms with Crippen LogP contribution in [-0.4, -0.2) is 4.57 Å². The van der Waals surface area contributed by atoms with Crippen LogP contribution in [0.1, 0.15) is 58.2 Å². The molecular formula is C29H35N2+. The number of benzene rings is 3. The van der Waals surface area contributed by atoms with Crippen molar-refractivity contribution in [3.8, 4) is 17.1 Å². The summed E-state index contributed by atoms with van der Waals surface area (Å²) >= 11 is 0. The molecule has 1 heterocycles. The van der Waals surface area contributed by atoms with E-state index in [0.29, 0.717) is 0 Å². The molecule has 2 nitrogen and oxygen atoms in total. The van der Waals surface area contributed by atoms with E-state index in [1.165, 1.54) is 44.8 Å². The number of hydrogen-bond donors (Lipinski definition) is 0. The summed E-state index contributed by atoms with van der Waals surface area (Å²) in [5, 5.41) is 0. The largest absolute Gasteiger partial charge is 0.295 e. The molecule has 3 aromatic carbocycles. The van der Waals surface area contributed by atoms with E-state index in [1.54, 1.807) is 0 Å². The van der Waals surface area contributed by atoms with Crippen molar-refractivity contribution in [3.05, 3.63) is 83.4 Å². The lowest BCUT2D eigenvalue weighted by atomic mass is 9.85. The minimum Gasteiger partial charge on any atom is -0.225 e. The molecule has 0 atom stereocenters. The Morgan fingerprint density at radius 1 is 0.710 bits per heavy atom. The van der Waals surface area contributed by atoms with Crippen molar-refractivity contribution in [2.75, 3.05) is 0 Å². The molecule has 160 valence electrons. The van der Waals surface area contributed by atoms with Crippen molar-refractivity contribution in [2.45, 2.75) is 59.3 Å². The average molecular weight is 412 g/mol. The van der Waals surface area contributed by atoms with Crippen LogP contribution in [0.15, 0.2) is 66.7 Å². The first-order valence-electron chi connectivity index (χ1n) is 11.2.